The molecule has 9 nitrogen and oxygen atoms in total. The Bertz CT molecular complexity index is 1320. The highest BCUT2D eigenvalue weighted by atomic mass is 32.2. The molecule has 170 valence electrons. The highest BCUT2D eigenvalue weighted by molar-refractivity contribution is 7.92. The van der Waals surface area contributed by atoms with E-state index in [-0.39, 0.29) is 18.5 Å². The van der Waals surface area contributed by atoms with Gasteiger partial charge in [-0.1, -0.05) is 6.07 Å². The fourth-order valence-corrected chi connectivity index (χ4v) is 4.31. The second-order valence-corrected chi connectivity index (χ2v) is 10.6. The molecule has 0 fully saturated rings. The molecule has 0 unspecified atom stereocenters. The Morgan fingerprint density at radius 1 is 1.16 bits per heavy atom. The number of aromatic nitrogens is 3. The molecule has 0 saturated heterocycles. The van der Waals surface area contributed by atoms with Crippen LogP contribution in [0.4, 0.5) is 5.95 Å². The number of aryl methyl sites for hydroxylation is 1. The molecule has 10 heteroatoms. The second kappa shape index (κ2) is 8.70. The van der Waals surface area contributed by atoms with Gasteiger partial charge in [0.1, 0.15) is 4.75 Å². The van der Waals surface area contributed by atoms with Gasteiger partial charge in [-0.15, -0.1) is 0 Å². The summed E-state index contributed by atoms with van der Waals surface area (Å²) in [6.07, 6.45) is 6.09. The van der Waals surface area contributed by atoms with Gasteiger partial charge >= 0.3 is 0 Å². The lowest BCUT2D eigenvalue weighted by molar-refractivity contribution is -0.123. The predicted molar refractivity (Wildman–Crippen MR) is 125 cm³/mol. The van der Waals surface area contributed by atoms with Crippen LogP contribution in [-0.4, -0.2) is 61.0 Å². The third-order valence-electron chi connectivity index (χ3n) is 5.70. The molecule has 1 N–H and O–H groups in total. The summed E-state index contributed by atoms with van der Waals surface area (Å²) in [7, 11) is 1.43. The van der Waals surface area contributed by atoms with Crippen molar-refractivity contribution in [3.05, 3.63) is 53.2 Å². The van der Waals surface area contributed by atoms with Gasteiger partial charge in [-0.25, -0.2) is 18.4 Å². The van der Waals surface area contributed by atoms with Gasteiger partial charge in [-0.3, -0.25) is 9.59 Å². The number of amides is 1. The molecular formula is C22H27N5O4S. The van der Waals surface area contributed by atoms with E-state index in [1.54, 1.807) is 30.7 Å². The van der Waals surface area contributed by atoms with Gasteiger partial charge in [0, 0.05) is 63.5 Å². The molecule has 0 bridgehead atoms. The first-order chi connectivity index (χ1) is 15.0. The number of rotatable bonds is 7. The number of sulfone groups is 1. The minimum atomic E-state index is -3.69. The molecule has 0 saturated carbocycles. The number of nitrogens with one attached hydrogen (secondary N) is 1. The predicted octanol–water partition coefficient (Wildman–Crippen LogP) is 1.46. The molecule has 0 radical (unpaired) electrons. The molecule has 32 heavy (non-hydrogen) atoms. The van der Waals surface area contributed by atoms with Crippen LogP contribution in [0.2, 0.25) is 0 Å². The monoisotopic (exact) mass is 457 g/mol. The van der Waals surface area contributed by atoms with Crippen LogP contribution >= 0.6 is 0 Å². The lowest BCUT2D eigenvalue weighted by Gasteiger charge is -2.26. The first kappa shape index (κ1) is 23.4. The molecule has 0 aliphatic carbocycles. The summed E-state index contributed by atoms with van der Waals surface area (Å²) in [6.45, 7) is 1.47. The highest BCUT2D eigenvalue weighted by Gasteiger charge is 2.42. The normalized spacial score (nSPS) is 13.5. The van der Waals surface area contributed by atoms with Gasteiger partial charge in [0.15, 0.2) is 9.84 Å². The van der Waals surface area contributed by atoms with Crippen LogP contribution in [0.25, 0.3) is 21.9 Å². The zero-order valence-corrected chi connectivity index (χ0v) is 19.6. The Kier molecular flexibility index (Phi) is 6.36. The zero-order chi connectivity index (χ0) is 23.7. The molecule has 0 aliphatic heterocycles. The number of hydrogen-bond acceptors (Lipinski definition) is 7. The molecule has 0 spiro atoms. The number of carbonyl (C=O) groups is 1. The third-order valence-corrected chi connectivity index (χ3v) is 7.73. The fraction of sp³-hybridized carbons (Fsp3) is 0.364. The summed E-state index contributed by atoms with van der Waals surface area (Å²) in [6, 6.07) is 7.25. The first-order valence-corrected chi connectivity index (χ1v) is 11.9. The Morgan fingerprint density at radius 2 is 1.81 bits per heavy atom. The maximum absolute atomic E-state index is 13.0. The summed E-state index contributed by atoms with van der Waals surface area (Å²) >= 11 is 0. The Labute approximate surface area is 187 Å². The molecule has 0 aliphatic rings. The van der Waals surface area contributed by atoms with Crippen molar-refractivity contribution in [2.45, 2.75) is 24.6 Å². The van der Waals surface area contributed by atoms with Crippen molar-refractivity contribution in [3.63, 3.8) is 0 Å². The summed E-state index contributed by atoms with van der Waals surface area (Å²) < 4.78 is 24.3. The van der Waals surface area contributed by atoms with Crippen molar-refractivity contribution >= 4 is 32.5 Å². The maximum Gasteiger partial charge on any atom is 0.258 e. The third kappa shape index (κ3) is 4.36. The van der Waals surface area contributed by atoms with Gasteiger partial charge in [0.05, 0.1) is 0 Å². The van der Waals surface area contributed by atoms with E-state index in [0.29, 0.717) is 11.3 Å². The number of anilines is 1. The van der Waals surface area contributed by atoms with E-state index in [1.807, 2.05) is 31.1 Å². The van der Waals surface area contributed by atoms with Crippen molar-refractivity contribution in [3.8, 4) is 11.1 Å². The number of pyridine rings is 1. The van der Waals surface area contributed by atoms with Gasteiger partial charge in [0.2, 0.25) is 11.9 Å². The van der Waals surface area contributed by atoms with Gasteiger partial charge in [-0.05, 0) is 42.5 Å². The van der Waals surface area contributed by atoms with E-state index in [2.05, 4.69) is 15.3 Å². The smallest absolute Gasteiger partial charge is 0.258 e. The van der Waals surface area contributed by atoms with Crippen LogP contribution in [0.3, 0.4) is 0 Å². The summed E-state index contributed by atoms with van der Waals surface area (Å²) in [4.78, 5) is 35.7. The standard InChI is InChI=1S/C22H27N5O4S/c1-22(20(29)23-2,32(5,30)31)9-11-27-10-8-16-12-15(6-7-18(16)19(27)28)17-13-24-21(25-14-17)26(3)4/h6-8,10,12-14H,9,11H2,1-5H3,(H,23,29)/t22-/m1/s1. The fourth-order valence-electron chi connectivity index (χ4n) is 3.41. The van der Waals surface area contributed by atoms with Crippen molar-refractivity contribution in [2.24, 2.45) is 0 Å². The topological polar surface area (TPSA) is 114 Å². The largest absolute Gasteiger partial charge is 0.358 e. The minimum absolute atomic E-state index is 0.0232. The SMILES string of the molecule is CNC(=O)[C@@](C)(CCn1ccc2cc(-c3cnc(N(C)C)nc3)ccc2c1=O)S(C)(=O)=O. The second-order valence-electron chi connectivity index (χ2n) is 8.11. The maximum atomic E-state index is 13.0. The lowest BCUT2D eigenvalue weighted by Crippen LogP contribution is -2.49. The van der Waals surface area contributed by atoms with Gasteiger partial charge in [0.25, 0.3) is 5.56 Å². The quantitative estimate of drug-likeness (QED) is 0.571. The molecule has 1 amide bonds. The van der Waals surface area contributed by atoms with Crippen molar-refractivity contribution in [2.75, 3.05) is 32.3 Å². The Morgan fingerprint density at radius 3 is 2.38 bits per heavy atom. The van der Waals surface area contributed by atoms with Gasteiger partial charge < -0.3 is 14.8 Å². The van der Waals surface area contributed by atoms with E-state index in [1.165, 1.54) is 18.5 Å². The number of carbonyl (C=O) groups excluding carboxylic acids is 1. The molecule has 2 heterocycles. The lowest BCUT2D eigenvalue weighted by atomic mass is 10.0. The van der Waals surface area contributed by atoms with Crippen LogP contribution in [0.5, 0.6) is 0 Å². The van der Waals surface area contributed by atoms with Crippen LogP contribution in [0.1, 0.15) is 13.3 Å². The molecule has 3 aromatic rings. The summed E-state index contributed by atoms with van der Waals surface area (Å²) in [5.41, 5.74) is 1.46. The van der Waals surface area contributed by atoms with Crippen LogP contribution < -0.4 is 15.8 Å². The highest BCUT2D eigenvalue weighted by Crippen LogP contribution is 2.24. The average molecular weight is 458 g/mol. The Hall–Kier alpha value is -3.27. The van der Waals surface area contributed by atoms with Crippen molar-refractivity contribution < 1.29 is 13.2 Å². The number of benzene rings is 1. The van der Waals surface area contributed by atoms with E-state index in [4.69, 9.17) is 0 Å². The van der Waals surface area contributed by atoms with Crippen LogP contribution in [0, 0.1) is 0 Å². The van der Waals surface area contributed by atoms with Crippen molar-refractivity contribution in [1.82, 2.24) is 19.9 Å². The zero-order valence-electron chi connectivity index (χ0n) is 18.8. The number of nitrogens with zero attached hydrogens (tertiary/aromatic N) is 4. The molecule has 1 atom stereocenters. The van der Waals surface area contributed by atoms with E-state index in [0.717, 1.165) is 22.8 Å². The summed E-state index contributed by atoms with van der Waals surface area (Å²) in [5, 5.41) is 3.66. The molecule has 1 aromatic carbocycles. The van der Waals surface area contributed by atoms with Crippen LogP contribution in [-0.2, 0) is 21.2 Å². The summed E-state index contributed by atoms with van der Waals surface area (Å²) in [5.74, 6) is 0.0104. The van der Waals surface area contributed by atoms with E-state index < -0.39 is 20.5 Å². The molecule has 2 aromatic heterocycles. The van der Waals surface area contributed by atoms with Gasteiger partial charge in [-0.2, -0.15) is 0 Å². The van der Waals surface area contributed by atoms with Crippen molar-refractivity contribution in [1.29, 1.82) is 0 Å². The minimum Gasteiger partial charge on any atom is -0.358 e. The number of hydrogen-bond donors (Lipinski definition) is 1. The molecule has 3 rings (SSSR count). The Balaban J connectivity index is 1.92. The van der Waals surface area contributed by atoms with E-state index in [9.17, 15) is 18.0 Å². The van der Waals surface area contributed by atoms with Crippen LogP contribution in [0.15, 0.2) is 47.7 Å². The first-order valence-electron chi connectivity index (χ1n) is 10.0. The number of fused-ring (bicyclic) bond motifs is 1. The average Bonchev–Trinajstić information content (AvgIpc) is 2.76. The van der Waals surface area contributed by atoms with E-state index >= 15 is 0 Å². The molecular weight excluding hydrogens is 430 g/mol.